The molecule has 116 valence electrons. The second-order valence-corrected chi connectivity index (χ2v) is 5.02. The predicted molar refractivity (Wildman–Crippen MR) is 79.2 cm³/mol. The van der Waals surface area contributed by atoms with E-state index in [9.17, 15) is 14.4 Å². The first-order valence-electron chi connectivity index (χ1n) is 6.55. The van der Waals surface area contributed by atoms with E-state index in [0.29, 0.717) is 5.02 Å². The van der Waals surface area contributed by atoms with Gasteiger partial charge in [0.05, 0.1) is 6.54 Å². The zero-order valence-electron chi connectivity index (χ0n) is 11.9. The molecule has 0 saturated carbocycles. The molecule has 0 radical (unpaired) electrons. The maximum absolute atomic E-state index is 11.6. The molecular formula is C15H14ClNO5. The fourth-order valence-corrected chi connectivity index (χ4v) is 1.94. The summed E-state index contributed by atoms with van der Waals surface area (Å²) in [6.45, 7) is 1.70. The van der Waals surface area contributed by atoms with E-state index in [0.717, 1.165) is 16.0 Å². The van der Waals surface area contributed by atoms with Crippen LogP contribution in [0, 0.1) is 6.92 Å². The largest absolute Gasteiger partial charge is 0.452 e. The first-order valence-corrected chi connectivity index (χ1v) is 6.93. The van der Waals surface area contributed by atoms with E-state index in [1.807, 2.05) is 13.0 Å². The van der Waals surface area contributed by atoms with Crippen molar-refractivity contribution in [1.82, 2.24) is 4.90 Å². The third kappa shape index (κ3) is 4.08. The van der Waals surface area contributed by atoms with Crippen molar-refractivity contribution >= 4 is 35.6 Å². The van der Waals surface area contributed by atoms with Gasteiger partial charge in [-0.3, -0.25) is 4.79 Å². The smallest absolute Gasteiger partial charge is 0.416 e. The topological polar surface area (TPSA) is 72.9 Å². The molecule has 1 heterocycles. The summed E-state index contributed by atoms with van der Waals surface area (Å²) in [7, 11) is 0. The van der Waals surface area contributed by atoms with Crippen LogP contribution in [-0.4, -0.2) is 42.6 Å². The Morgan fingerprint density at radius 1 is 1.45 bits per heavy atom. The highest BCUT2D eigenvalue weighted by Gasteiger charge is 2.28. The zero-order valence-corrected chi connectivity index (χ0v) is 12.6. The number of ether oxygens (including phenoxy) is 2. The fourth-order valence-electron chi connectivity index (χ4n) is 1.76. The van der Waals surface area contributed by atoms with Gasteiger partial charge in [-0.15, -0.1) is 0 Å². The van der Waals surface area contributed by atoms with Gasteiger partial charge in [0, 0.05) is 11.1 Å². The number of rotatable bonds is 4. The van der Waals surface area contributed by atoms with Crippen LogP contribution < -0.4 is 0 Å². The molecule has 22 heavy (non-hydrogen) atoms. The van der Waals surface area contributed by atoms with E-state index in [2.05, 4.69) is 4.74 Å². The first-order chi connectivity index (χ1) is 10.5. The van der Waals surface area contributed by atoms with Gasteiger partial charge in [0.25, 0.3) is 5.91 Å². The Morgan fingerprint density at radius 3 is 2.86 bits per heavy atom. The van der Waals surface area contributed by atoms with Crippen LogP contribution in [0.4, 0.5) is 4.79 Å². The van der Waals surface area contributed by atoms with Crippen LogP contribution in [-0.2, 0) is 19.1 Å². The third-order valence-corrected chi connectivity index (χ3v) is 3.41. The molecule has 0 unspecified atom stereocenters. The Balaban J connectivity index is 1.84. The minimum atomic E-state index is -0.717. The number of amides is 2. The summed E-state index contributed by atoms with van der Waals surface area (Å²) < 4.78 is 9.40. The molecule has 1 saturated heterocycles. The van der Waals surface area contributed by atoms with Crippen LogP contribution in [0.1, 0.15) is 11.1 Å². The molecule has 0 atom stereocenters. The van der Waals surface area contributed by atoms with Crippen molar-refractivity contribution in [1.29, 1.82) is 0 Å². The Morgan fingerprint density at radius 2 is 2.23 bits per heavy atom. The molecule has 7 heteroatoms. The van der Waals surface area contributed by atoms with Gasteiger partial charge in [-0.1, -0.05) is 23.7 Å². The van der Waals surface area contributed by atoms with E-state index >= 15 is 0 Å². The number of esters is 1. The normalized spacial score (nSPS) is 14.3. The average Bonchev–Trinajstić information content (AvgIpc) is 2.92. The molecule has 2 amide bonds. The van der Waals surface area contributed by atoms with Gasteiger partial charge in [-0.25, -0.2) is 14.5 Å². The number of imide groups is 1. The maximum atomic E-state index is 11.6. The lowest BCUT2D eigenvalue weighted by molar-refractivity contribution is -0.146. The van der Waals surface area contributed by atoms with Crippen LogP contribution in [0.2, 0.25) is 5.02 Å². The van der Waals surface area contributed by atoms with Gasteiger partial charge in [-0.2, -0.15) is 0 Å². The molecule has 0 N–H and O–H groups in total. The van der Waals surface area contributed by atoms with E-state index in [-0.39, 0.29) is 13.2 Å². The van der Waals surface area contributed by atoms with Crippen LogP contribution in [0.3, 0.4) is 0 Å². The number of hydrogen-bond donors (Lipinski definition) is 0. The summed E-state index contributed by atoms with van der Waals surface area (Å²) in [5.74, 6) is -1.29. The molecule has 1 aliphatic heterocycles. The number of halogens is 1. The van der Waals surface area contributed by atoms with E-state index in [1.165, 1.54) is 12.2 Å². The maximum Gasteiger partial charge on any atom is 0.416 e. The molecule has 2 rings (SSSR count). The zero-order chi connectivity index (χ0) is 16.1. The van der Waals surface area contributed by atoms with E-state index in [4.69, 9.17) is 16.3 Å². The molecule has 0 spiro atoms. The van der Waals surface area contributed by atoms with Crippen molar-refractivity contribution in [2.75, 3.05) is 19.8 Å². The number of benzene rings is 1. The van der Waals surface area contributed by atoms with Crippen LogP contribution in [0.25, 0.3) is 6.08 Å². The summed E-state index contributed by atoms with van der Waals surface area (Å²) in [5, 5.41) is 0.596. The minimum absolute atomic E-state index is 0.159. The molecule has 0 aliphatic carbocycles. The quantitative estimate of drug-likeness (QED) is 0.627. The Kier molecular flexibility index (Phi) is 5.16. The fraction of sp³-hybridized carbons (Fsp3) is 0.267. The second-order valence-electron chi connectivity index (χ2n) is 4.61. The standard InChI is InChI=1S/C15H14ClNO5/c1-10-2-3-11(8-12(10)16)4-5-14(19)22-9-13(18)17-6-7-21-15(17)20/h2-5,8H,6-7,9H2,1H3/b5-4+. The van der Waals surface area contributed by atoms with Crippen molar-refractivity contribution in [2.24, 2.45) is 0 Å². The van der Waals surface area contributed by atoms with Gasteiger partial charge in [0.2, 0.25) is 0 Å². The summed E-state index contributed by atoms with van der Waals surface area (Å²) >= 11 is 5.97. The number of carbonyl (C=O) groups excluding carboxylic acids is 3. The Labute approximate surface area is 132 Å². The molecule has 1 aromatic rings. The number of nitrogens with zero attached hydrogens (tertiary/aromatic N) is 1. The predicted octanol–water partition coefficient (Wildman–Crippen LogP) is 2.18. The lowest BCUT2D eigenvalue weighted by Gasteiger charge is -2.09. The van der Waals surface area contributed by atoms with Crippen molar-refractivity contribution < 1.29 is 23.9 Å². The van der Waals surface area contributed by atoms with Crippen molar-refractivity contribution in [3.63, 3.8) is 0 Å². The summed E-state index contributed by atoms with van der Waals surface area (Å²) in [6, 6.07) is 5.35. The molecule has 1 aliphatic rings. The Bertz CT molecular complexity index is 641. The van der Waals surface area contributed by atoms with Gasteiger partial charge in [0.15, 0.2) is 6.61 Å². The highest BCUT2D eigenvalue weighted by molar-refractivity contribution is 6.31. The number of cyclic esters (lactones) is 1. The second kappa shape index (κ2) is 7.09. The van der Waals surface area contributed by atoms with Gasteiger partial charge in [-0.05, 0) is 30.2 Å². The van der Waals surface area contributed by atoms with Crippen LogP contribution >= 0.6 is 11.6 Å². The van der Waals surface area contributed by atoms with Crippen molar-refractivity contribution in [3.8, 4) is 0 Å². The van der Waals surface area contributed by atoms with E-state index in [1.54, 1.807) is 12.1 Å². The van der Waals surface area contributed by atoms with Crippen LogP contribution in [0.5, 0.6) is 0 Å². The number of carbonyl (C=O) groups is 3. The van der Waals surface area contributed by atoms with Gasteiger partial charge < -0.3 is 9.47 Å². The van der Waals surface area contributed by atoms with Crippen molar-refractivity contribution in [2.45, 2.75) is 6.92 Å². The van der Waals surface area contributed by atoms with Gasteiger partial charge in [0.1, 0.15) is 6.61 Å². The third-order valence-electron chi connectivity index (χ3n) is 3.01. The molecule has 0 bridgehead atoms. The minimum Gasteiger partial charge on any atom is -0.452 e. The lowest BCUT2D eigenvalue weighted by Crippen LogP contribution is -2.35. The monoisotopic (exact) mass is 323 g/mol. The molecule has 0 aromatic heterocycles. The first kappa shape index (κ1) is 16.0. The summed E-state index contributed by atoms with van der Waals surface area (Å²) in [5.41, 5.74) is 1.67. The molecule has 1 fully saturated rings. The van der Waals surface area contributed by atoms with Gasteiger partial charge >= 0.3 is 12.1 Å². The number of aryl methyl sites for hydroxylation is 1. The van der Waals surface area contributed by atoms with Crippen molar-refractivity contribution in [3.05, 3.63) is 40.4 Å². The highest BCUT2D eigenvalue weighted by Crippen LogP contribution is 2.17. The van der Waals surface area contributed by atoms with E-state index < -0.39 is 24.6 Å². The average molecular weight is 324 g/mol. The summed E-state index contributed by atoms with van der Waals surface area (Å²) in [6.07, 6.45) is 2.00. The van der Waals surface area contributed by atoms with Crippen LogP contribution in [0.15, 0.2) is 24.3 Å². The molecule has 1 aromatic carbocycles. The SMILES string of the molecule is Cc1ccc(/C=C/C(=O)OCC(=O)N2CCOC2=O)cc1Cl. The summed E-state index contributed by atoms with van der Waals surface area (Å²) in [4.78, 5) is 35.2. The molecular weight excluding hydrogens is 310 g/mol. The lowest BCUT2D eigenvalue weighted by atomic mass is 10.1. The Hall–Kier alpha value is -2.34. The number of hydrogen-bond acceptors (Lipinski definition) is 5. The molecule has 6 nitrogen and oxygen atoms in total. The highest BCUT2D eigenvalue weighted by atomic mass is 35.5.